The highest BCUT2D eigenvalue weighted by molar-refractivity contribution is 6.25. The SMILES string of the molecule is C#CC(CCC)NC/C=C/Cl. The molecule has 0 saturated heterocycles. The molecular formula is C9H14ClN. The number of rotatable bonds is 5. The molecule has 11 heavy (non-hydrogen) atoms. The van der Waals surface area contributed by atoms with E-state index in [2.05, 4.69) is 18.2 Å². The molecule has 0 aromatic heterocycles. The molecule has 0 spiro atoms. The van der Waals surface area contributed by atoms with Gasteiger partial charge in [0.15, 0.2) is 0 Å². The topological polar surface area (TPSA) is 12.0 Å². The average Bonchev–Trinajstić information content (AvgIpc) is 2.03. The quantitative estimate of drug-likeness (QED) is 0.625. The molecule has 1 atom stereocenters. The first-order chi connectivity index (χ1) is 5.35. The lowest BCUT2D eigenvalue weighted by Gasteiger charge is -2.08. The van der Waals surface area contributed by atoms with Gasteiger partial charge in [-0.05, 0) is 6.42 Å². The van der Waals surface area contributed by atoms with E-state index in [0.29, 0.717) is 0 Å². The Balaban J connectivity index is 3.45. The van der Waals surface area contributed by atoms with Gasteiger partial charge in [-0.15, -0.1) is 6.42 Å². The molecule has 1 N–H and O–H groups in total. The lowest BCUT2D eigenvalue weighted by atomic mass is 10.2. The van der Waals surface area contributed by atoms with E-state index in [1.807, 2.05) is 6.08 Å². The van der Waals surface area contributed by atoms with E-state index in [1.165, 1.54) is 5.54 Å². The van der Waals surface area contributed by atoms with Crippen LogP contribution in [-0.4, -0.2) is 12.6 Å². The third kappa shape index (κ3) is 5.97. The van der Waals surface area contributed by atoms with Crippen LogP contribution in [-0.2, 0) is 0 Å². The van der Waals surface area contributed by atoms with Crippen molar-refractivity contribution in [3.05, 3.63) is 11.6 Å². The zero-order valence-electron chi connectivity index (χ0n) is 6.81. The van der Waals surface area contributed by atoms with Crippen molar-refractivity contribution in [2.24, 2.45) is 0 Å². The summed E-state index contributed by atoms with van der Waals surface area (Å²) in [5, 5.41) is 3.16. The second-order valence-corrected chi connectivity index (χ2v) is 2.53. The summed E-state index contributed by atoms with van der Waals surface area (Å²) in [5.74, 6) is 2.67. The fourth-order valence-electron chi connectivity index (χ4n) is 0.788. The summed E-state index contributed by atoms with van der Waals surface area (Å²) in [6, 6.07) is 0.188. The maximum Gasteiger partial charge on any atom is 0.0689 e. The molecule has 0 heterocycles. The van der Waals surface area contributed by atoms with E-state index < -0.39 is 0 Å². The molecule has 0 aliphatic rings. The third-order valence-electron chi connectivity index (χ3n) is 1.35. The van der Waals surface area contributed by atoms with E-state index in [0.717, 1.165) is 19.4 Å². The van der Waals surface area contributed by atoms with Crippen LogP contribution in [0.2, 0.25) is 0 Å². The van der Waals surface area contributed by atoms with Crippen LogP contribution in [0.3, 0.4) is 0 Å². The Kier molecular flexibility index (Phi) is 7.34. The Hall–Kier alpha value is -0.450. The Morgan fingerprint density at radius 1 is 1.73 bits per heavy atom. The molecule has 0 aliphatic heterocycles. The number of hydrogen-bond acceptors (Lipinski definition) is 1. The molecule has 0 aromatic carbocycles. The molecule has 2 heteroatoms. The van der Waals surface area contributed by atoms with Crippen molar-refractivity contribution in [2.45, 2.75) is 25.8 Å². The van der Waals surface area contributed by atoms with Crippen LogP contribution in [0.4, 0.5) is 0 Å². The van der Waals surface area contributed by atoms with Gasteiger partial charge in [-0.25, -0.2) is 0 Å². The van der Waals surface area contributed by atoms with Crippen molar-refractivity contribution >= 4 is 11.6 Å². The highest BCUT2D eigenvalue weighted by Crippen LogP contribution is 1.93. The van der Waals surface area contributed by atoms with Gasteiger partial charge >= 0.3 is 0 Å². The molecular weight excluding hydrogens is 158 g/mol. The highest BCUT2D eigenvalue weighted by Gasteiger charge is 1.98. The first-order valence-corrected chi connectivity index (χ1v) is 4.23. The van der Waals surface area contributed by atoms with Gasteiger partial charge in [-0.3, -0.25) is 0 Å². The molecule has 0 radical (unpaired) electrons. The zero-order chi connectivity index (χ0) is 8.53. The average molecular weight is 172 g/mol. The molecule has 0 bridgehead atoms. The first-order valence-electron chi connectivity index (χ1n) is 3.79. The lowest BCUT2D eigenvalue weighted by molar-refractivity contribution is 0.596. The molecule has 0 amide bonds. The smallest absolute Gasteiger partial charge is 0.0689 e. The lowest BCUT2D eigenvalue weighted by Crippen LogP contribution is -2.27. The maximum absolute atomic E-state index is 5.33. The molecule has 1 nitrogen and oxygen atoms in total. The normalized spacial score (nSPS) is 13.2. The Morgan fingerprint density at radius 3 is 2.91 bits per heavy atom. The third-order valence-corrected chi connectivity index (χ3v) is 1.53. The molecule has 0 aliphatic carbocycles. The second kappa shape index (κ2) is 7.65. The number of nitrogens with one attached hydrogen (secondary N) is 1. The van der Waals surface area contributed by atoms with E-state index in [9.17, 15) is 0 Å². The Morgan fingerprint density at radius 2 is 2.45 bits per heavy atom. The van der Waals surface area contributed by atoms with Gasteiger partial charge in [-0.1, -0.05) is 36.9 Å². The van der Waals surface area contributed by atoms with Crippen molar-refractivity contribution in [3.8, 4) is 12.3 Å². The van der Waals surface area contributed by atoms with Gasteiger partial charge in [-0.2, -0.15) is 0 Å². The van der Waals surface area contributed by atoms with Crippen LogP contribution in [0, 0.1) is 12.3 Å². The fraction of sp³-hybridized carbons (Fsp3) is 0.556. The maximum atomic E-state index is 5.33. The van der Waals surface area contributed by atoms with Gasteiger partial charge in [0.25, 0.3) is 0 Å². The standard InChI is InChI=1S/C9H14ClN/c1-3-6-9(4-2)11-8-5-7-10/h2,5,7,9,11H,3,6,8H2,1H3/b7-5+. The van der Waals surface area contributed by atoms with Gasteiger partial charge in [0.05, 0.1) is 6.04 Å². The molecule has 62 valence electrons. The van der Waals surface area contributed by atoms with Gasteiger partial charge in [0.1, 0.15) is 0 Å². The van der Waals surface area contributed by atoms with Crippen molar-refractivity contribution in [2.75, 3.05) is 6.54 Å². The van der Waals surface area contributed by atoms with Crippen LogP contribution >= 0.6 is 11.6 Å². The predicted molar refractivity (Wildman–Crippen MR) is 50.5 cm³/mol. The van der Waals surface area contributed by atoms with E-state index >= 15 is 0 Å². The van der Waals surface area contributed by atoms with Crippen LogP contribution in [0.5, 0.6) is 0 Å². The van der Waals surface area contributed by atoms with E-state index in [-0.39, 0.29) is 6.04 Å². The summed E-state index contributed by atoms with van der Waals surface area (Å²) in [7, 11) is 0. The minimum absolute atomic E-state index is 0.188. The van der Waals surface area contributed by atoms with E-state index in [4.69, 9.17) is 18.0 Å². The molecule has 0 fully saturated rings. The van der Waals surface area contributed by atoms with Crippen molar-refractivity contribution in [1.29, 1.82) is 0 Å². The summed E-state index contributed by atoms with van der Waals surface area (Å²) < 4.78 is 0. The predicted octanol–water partition coefficient (Wildman–Crippen LogP) is 2.13. The number of halogens is 1. The van der Waals surface area contributed by atoms with Gasteiger partial charge in [0, 0.05) is 12.1 Å². The minimum atomic E-state index is 0.188. The van der Waals surface area contributed by atoms with Crippen LogP contribution < -0.4 is 5.32 Å². The monoisotopic (exact) mass is 171 g/mol. The number of hydrogen-bond donors (Lipinski definition) is 1. The van der Waals surface area contributed by atoms with Crippen molar-refractivity contribution < 1.29 is 0 Å². The fourth-order valence-corrected chi connectivity index (χ4v) is 0.877. The van der Waals surface area contributed by atoms with Crippen LogP contribution in [0.1, 0.15) is 19.8 Å². The van der Waals surface area contributed by atoms with Crippen LogP contribution in [0.25, 0.3) is 0 Å². The summed E-state index contributed by atoms with van der Waals surface area (Å²) >= 11 is 5.33. The minimum Gasteiger partial charge on any atom is -0.300 e. The van der Waals surface area contributed by atoms with Crippen molar-refractivity contribution in [3.63, 3.8) is 0 Å². The zero-order valence-corrected chi connectivity index (χ0v) is 7.56. The molecule has 0 aromatic rings. The first kappa shape index (κ1) is 10.6. The van der Waals surface area contributed by atoms with Gasteiger partial charge < -0.3 is 5.32 Å². The number of terminal acetylenes is 1. The Labute approximate surface area is 73.8 Å². The molecule has 0 saturated carbocycles. The van der Waals surface area contributed by atoms with E-state index in [1.54, 1.807) is 0 Å². The summed E-state index contributed by atoms with van der Waals surface area (Å²) in [5.41, 5.74) is 1.49. The molecule has 0 rings (SSSR count). The largest absolute Gasteiger partial charge is 0.300 e. The van der Waals surface area contributed by atoms with Crippen LogP contribution in [0.15, 0.2) is 11.6 Å². The van der Waals surface area contributed by atoms with Gasteiger partial charge in [0.2, 0.25) is 0 Å². The Bertz CT molecular complexity index is 146. The second-order valence-electron chi connectivity index (χ2n) is 2.28. The van der Waals surface area contributed by atoms with Crippen molar-refractivity contribution in [1.82, 2.24) is 5.32 Å². The molecule has 1 unspecified atom stereocenters. The summed E-state index contributed by atoms with van der Waals surface area (Å²) in [6.07, 6.45) is 9.23. The summed E-state index contributed by atoms with van der Waals surface area (Å²) in [4.78, 5) is 0. The summed E-state index contributed by atoms with van der Waals surface area (Å²) in [6.45, 7) is 2.86. The highest BCUT2D eigenvalue weighted by atomic mass is 35.5.